The maximum Gasteiger partial charge on any atom is 0.0991 e. The molecule has 0 unspecified atom stereocenters. The summed E-state index contributed by atoms with van der Waals surface area (Å²) in [6, 6.07) is 8.25. The highest BCUT2D eigenvalue weighted by molar-refractivity contribution is 5.79. The lowest BCUT2D eigenvalue weighted by atomic mass is 10.0. The van der Waals surface area contributed by atoms with Crippen LogP contribution >= 0.6 is 0 Å². The average molecular weight is 223 g/mol. The van der Waals surface area contributed by atoms with Crippen LogP contribution in [0.25, 0.3) is 5.57 Å². The number of hydrogen-bond acceptors (Lipinski definition) is 1. The standard InChI is InChI=1S/C16H17N/c1-4-15-13(7-11(2)3)9-14-8-12(10-17)5-6-16(14)15/h5-8H,4,9H2,1-3H3. The third-order valence-corrected chi connectivity index (χ3v) is 3.14. The number of fused-ring (bicyclic) bond motifs is 1. The Hall–Kier alpha value is -1.81. The highest BCUT2D eigenvalue weighted by Gasteiger charge is 2.18. The number of nitrogens with zero attached hydrogens (tertiary/aromatic N) is 1. The van der Waals surface area contributed by atoms with Gasteiger partial charge in [0.15, 0.2) is 0 Å². The van der Waals surface area contributed by atoms with Crippen LogP contribution in [-0.4, -0.2) is 0 Å². The monoisotopic (exact) mass is 223 g/mol. The van der Waals surface area contributed by atoms with E-state index in [1.165, 1.54) is 27.8 Å². The zero-order chi connectivity index (χ0) is 12.4. The van der Waals surface area contributed by atoms with Gasteiger partial charge in [0.05, 0.1) is 11.6 Å². The maximum absolute atomic E-state index is 8.93. The van der Waals surface area contributed by atoms with E-state index in [0.29, 0.717) is 0 Å². The molecular formula is C16H17N. The molecule has 1 aromatic carbocycles. The van der Waals surface area contributed by atoms with Crippen LogP contribution in [0.5, 0.6) is 0 Å². The quantitative estimate of drug-likeness (QED) is 0.735. The van der Waals surface area contributed by atoms with E-state index in [1.54, 1.807) is 0 Å². The first-order valence-electron chi connectivity index (χ1n) is 6.06. The first kappa shape index (κ1) is 11.7. The molecule has 1 aromatic rings. The summed E-state index contributed by atoms with van der Waals surface area (Å²) in [7, 11) is 0. The van der Waals surface area contributed by atoms with Gasteiger partial charge in [-0.1, -0.05) is 24.6 Å². The van der Waals surface area contributed by atoms with Crippen LogP contribution in [0, 0.1) is 11.3 Å². The van der Waals surface area contributed by atoms with Crippen LogP contribution in [0.1, 0.15) is 43.9 Å². The van der Waals surface area contributed by atoms with Crippen LogP contribution in [0.2, 0.25) is 0 Å². The molecule has 0 bridgehead atoms. The molecule has 0 radical (unpaired) electrons. The summed E-state index contributed by atoms with van der Waals surface area (Å²) in [5.41, 5.74) is 7.58. The van der Waals surface area contributed by atoms with Crippen LogP contribution in [-0.2, 0) is 6.42 Å². The first-order chi connectivity index (χ1) is 8.15. The number of benzene rings is 1. The van der Waals surface area contributed by atoms with Crippen molar-refractivity contribution in [3.05, 3.63) is 52.1 Å². The van der Waals surface area contributed by atoms with Crippen molar-refractivity contribution in [1.82, 2.24) is 0 Å². The van der Waals surface area contributed by atoms with Crippen molar-refractivity contribution in [2.24, 2.45) is 0 Å². The maximum atomic E-state index is 8.93. The molecule has 86 valence electrons. The molecule has 17 heavy (non-hydrogen) atoms. The minimum absolute atomic E-state index is 0.762. The van der Waals surface area contributed by atoms with Gasteiger partial charge in [0.1, 0.15) is 0 Å². The molecule has 0 aromatic heterocycles. The van der Waals surface area contributed by atoms with E-state index in [2.05, 4.69) is 39.0 Å². The summed E-state index contributed by atoms with van der Waals surface area (Å²) >= 11 is 0. The highest BCUT2D eigenvalue weighted by atomic mass is 14.3. The van der Waals surface area contributed by atoms with E-state index in [1.807, 2.05) is 12.1 Å². The van der Waals surface area contributed by atoms with Gasteiger partial charge in [-0.3, -0.25) is 0 Å². The molecule has 0 aliphatic heterocycles. The molecule has 0 saturated carbocycles. The van der Waals surface area contributed by atoms with Crippen molar-refractivity contribution in [3.63, 3.8) is 0 Å². The van der Waals surface area contributed by atoms with Crippen LogP contribution in [0.3, 0.4) is 0 Å². The van der Waals surface area contributed by atoms with Gasteiger partial charge < -0.3 is 0 Å². The fourth-order valence-corrected chi connectivity index (χ4v) is 2.49. The van der Waals surface area contributed by atoms with Crippen molar-refractivity contribution in [2.45, 2.75) is 33.6 Å². The number of nitriles is 1. The first-order valence-corrected chi connectivity index (χ1v) is 6.06. The zero-order valence-corrected chi connectivity index (χ0v) is 10.7. The number of hydrogen-bond donors (Lipinski definition) is 0. The molecule has 2 rings (SSSR count). The molecule has 0 fully saturated rings. The minimum Gasteiger partial charge on any atom is -0.192 e. The second-order valence-electron chi connectivity index (χ2n) is 4.74. The summed E-state index contributed by atoms with van der Waals surface area (Å²) in [6.07, 6.45) is 4.29. The van der Waals surface area contributed by atoms with Gasteiger partial charge in [-0.05, 0) is 61.1 Å². The van der Waals surface area contributed by atoms with E-state index < -0.39 is 0 Å². The third kappa shape index (κ3) is 2.17. The summed E-state index contributed by atoms with van der Waals surface area (Å²) in [6.45, 7) is 6.45. The fourth-order valence-electron chi connectivity index (χ4n) is 2.49. The predicted octanol–water partition coefficient (Wildman–Crippen LogP) is 4.24. The second-order valence-corrected chi connectivity index (χ2v) is 4.74. The topological polar surface area (TPSA) is 23.8 Å². The summed E-state index contributed by atoms with van der Waals surface area (Å²) < 4.78 is 0. The molecule has 0 atom stereocenters. The molecular weight excluding hydrogens is 206 g/mol. The summed E-state index contributed by atoms with van der Waals surface area (Å²) in [5.74, 6) is 0. The Morgan fingerprint density at radius 2 is 2.18 bits per heavy atom. The Labute approximate surface area is 103 Å². The fraction of sp³-hybridized carbons (Fsp3) is 0.312. The number of rotatable bonds is 2. The van der Waals surface area contributed by atoms with E-state index in [-0.39, 0.29) is 0 Å². The Balaban J connectivity index is 2.49. The van der Waals surface area contributed by atoms with E-state index in [0.717, 1.165) is 18.4 Å². The lowest BCUT2D eigenvalue weighted by Crippen LogP contribution is -1.85. The third-order valence-electron chi connectivity index (χ3n) is 3.14. The molecule has 1 aliphatic carbocycles. The Kier molecular flexibility index (Phi) is 3.15. The molecule has 1 aliphatic rings. The van der Waals surface area contributed by atoms with Crippen molar-refractivity contribution in [3.8, 4) is 6.07 Å². The second kappa shape index (κ2) is 4.59. The molecule has 0 saturated heterocycles. The zero-order valence-electron chi connectivity index (χ0n) is 10.7. The van der Waals surface area contributed by atoms with Crippen molar-refractivity contribution in [1.29, 1.82) is 5.26 Å². The molecule has 0 amide bonds. The minimum atomic E-state index is 0.762. The van der Waals surface area contributed by atoms with Gasteiger partial charge in [0.25, 0.3) is 0 Å². The van der Waals surface area contributed by atoms with E-state index in [4.69, 9.17) is 5.26 Å². The average Bonchev–Trinajstić information content (AvgIpc) is 2.63. The Morgan fingerprint density at radius 3 is 2.76 bits per heavy atom. The molecule has 1 heteroatoms. The van der Waals surface area contributed by atoms with Crippen LogP contribution in [0.15, 0.2) is 35.4 Å². The van der Waals surface area contributed by atoms with Crippen molar-refractivity contribution < 1.29 is 0 Å². The van der Waals surface area contributed by atoms with Crippen LogP contribution < -0.4 is 0 Å². The molecule has 0 spiro atoms. The lowest BCUT2D eigenvalue weighted by molar-refractivity contribution is 1.20. The Morgan fingerprint density at radius 1 is 1.41 bits per heavy atom. The smallest absolute Gasteiger partial charge is 0.0991 e. The molecule has 0 N–H and O–H groups in total. The van der Waals surface area contributed by atoms with Gasteiger partial charge in [0, 0.05) is 0 Å². The SMILES string of the molecule is CCC1=C(C=C(C)C)Cc2cc(C#N)ccc21. The normalized spacial score (nSPS) is 13.3. The van der Waals surface area contributed by atoms with Crippen LogP contribution in [0.4, 0.5) is 0 Å². The predicted molar refractivity (Wildman–Crippen MR) is 71.5 cm³/mol. The molecule has 0 heterocycles. The summed E-state index contributed by atoms with van der Waals surface area (Å²) in [5, 5.41) is 8.93. The largest absolute Gasteiger partial charge is 0.192 e. The van der Waals surface area contributed by atoms with Gasteiger partial charge in [0.2, 0.25) is 0 Å². The van der Waals surface area contributed by atoms with Gasteiger partial charge in [-0.2, -0.15) is 5.26 Å². The number of allylic oxidation sites excluding steroid dienone is 4. The van der Waals surface area contributed by atoms with Gasteiger partial charge >= 0.3 is 0 Å². The van der Waals surface area contributed by atoms with Crippen molar-refractivity contribution >= 4 is 5.57 Å². The lowest BCUT2D eigenvalue weighted by Gasteiger charge is -2.03. The van der Waals surface area contributed by atoms with Gasteiger partial charge in [-0.25, -0.2) is 0 Å². The highest BCUT2D eigenvalue weighted by Crippen LogP contribution is 2.36. The van der Waals surface area contributed by atoms with Crippen molar-refractivity contribution in [2.75, 3.05) is 0 Å². The molecule has 1 nitrogen and oxygen atoms in total. The van der Waals surface area contributed by atoms with E-state index >= 15 is 0 Å². The Bertz CT molecular complexity index is 549. The van der Waals surface area contributed by atoms with Gasteiger partial charge in [-0.15, -0.1) is 0 Å². The van der Waals surface area contributed by atoms with E-state index in [9.17, 15) is 0 Å². The summed E-state index contributed by atoms with van der Waals surface area (Å²) in [4.78, 5) is 0.